The van der Waals surface area contributed by atoms with Gasteiger partial charge in [-0.15, -0.1) is 0 Å². The minimum absolute atomic E-state index is 0.0159. The van der Waals surface area contributed by atoms with Crippen LogP contribution in [0.4, 0.5) is 5.69 Å². The highest BCUT2D eigenvalue weighted by molar-refractivity contribution is 5.90. The summed E-state index contributed by atoms with van der Waals surface area (Å²) in [7, 11) is 1.82. The van der Waals surface area contributed by atoms with Gasteiger partial charge in [0.15, 0.2) is 11.0 Å². The Labute approximate surface area is 116 Å². The molecule has 3 nitrogen and oxygen atoms in total. The van der Waals surface area contributed by atoms with E-state index in [0.29, 0.717) is 22.3 Å². The molecule has 3 aromatic rings. The molecule has 1 aromatic heterocycles. The number of fused-ring (bicyclic) bond motifs is 1. The number of nitrogens with one attached hydrogen (secondary N) is 1. The van der Waals surface area contributed by atoms with E-state index >= 15 is 0 Å². The molecule has 3 heteroatoms. The molecule has 0 saturated carbocycles. The molecule has 3 rings (SSSR count). The first-order chi connectivity index (χ1) is 9.72. The molecule has 0 fully saturated rings. The molecule has 0 atom stereocenters. The number of anilines is 1. The van der Waals surface area contributed by atoms with Gasteiger partial charge >= 0.3 is 0 Å². The van der Waals surface area contributed by atoms with Crippen molar-refractivity contribution in [1.82, 2.24) is 0 Å². The largest absolute Gasteiger partial charge is 0.453 e. The second-order valence-corrected chi connectivity index (χ2v) is 4.68. The third-order valence-electron chi connectivity index (χ3n) is 3.45. The van der Waals surface area contributed by atoms with Crippen LogP contribution in [-0.2, 0) is 0 Å². The summed E-state index contributed by atoms with van der Waals surface area (Å²) in [6.45, 7) is 1.81. The first kappa shape index (κ1) is 12.5. The van der Waals surface area contributed by atoms with Crippen molar-refractivity contribution in [2.75, 3.05) is 12.4 Å². The van der Waals surface area contributed by atoms with Gasteiger partial charge in [0, 0.05) is 18.2 Å². The highest BCUT2D eigenvalue weighted by Crippen LogP contribution is 2.28. The summed E-state index contributed by atoms with van der Waals surface area (Å²) < 4.78 is 6.02. The number of rotatable bonds is 2. The molecule has 0 aliphatic carbocycles. The third-order valence-corrected chi connectivity index (χ3v) is 3.45. The summed E-state index contributed by atoms with van der Waals surface area (Å²) in [6.07, 6.45) is 0. The highest BCUT2D eigenvalue weighted by atomic mass is 16.3. The molecular weight excluding hydrogens is 250 g/mol. The summed E-state index contributed by atoms with van der Waals surface area (Å²) in [5.74, 6) is 0.630. The van der Waals surface area contributed by atoms with Crippen LogP contribution in [0.3, 0.4) is 0 Å². The zero-order chi connectivity index (χ0) is 14.1. The zero-order valence-corrected chi connectivity index (χ0v) is 11.4. The predicted molar refractivity (Wildman–Crippen MR) is 82.2 cm³/mol. The molecule has 0 aliphatic rings. The van der Waals surface area contributed by atoms with Crippen molar-refractivity contribution in [2.24, 2.45) is 0 Å². The maximum absolute atomic E-state index is 12.5. The fourth-order valence-corrected chi connectivity index (χ4v) is 2.37. The minimum Gasteiger partial charge on any atom is -0.453 e. The Morgan fingerprint density at radius 3 is 2.45 bits per heavy atom. The number of para-hydroxylation sites is 1. The van der Waals surface area contributed by atoms with E-state index < -0.39 is 0 Å². The van der Waals surface area contributed by atoms with Crippen molar-refractivity contribution in [3.05, 3.63) is 64.3 Å². The van der Waals surface area contributed by atoms with Gasteiger partial charge in [0.2, 0.25) is 0 Å². The maximum Gasteiger partial charge on any atom is 0.196 e. The molecule has 0 aliphatic heterocycles. The zero-order valence-electron chi connectivity index (χ0n) is 11.4. The number of hydrogen-bond acceptors (Lipinski definition) is 3. The average molecular weight is 265 g/mol. The molecule has 2 aromatic carbocycles. The van der Waals surface area contributed by atoms with E-state index in [4.69, 9.17) is 4.42 Å². The van der Waals surface area contributed by atoms with Crippen LogP contribution in [0, 0.1) is 6.92 Å². The Bertz CT molecular complexity index is 820. The molecule has 0 spiro atoms. The van der Waals surface area contributed by atoms with E-state index in [1.807, 2.05) is 49.5 Å². The molecule has 0 unspecified atom stereocenters. The SMILES string of the molecule is CNc1cccc2c(=O)c(C)c(-c3ccccc3)oc12. The smallest absolute Gasteiger partial charge is 0.196 e. The summed E-state index contributed by atoms with van der Waals surface area (Å²) in [5.41, 5.74) is 2.98. The van der Waals surface area contributed by atoms with E-state index in [-0.39, 0.29) is 5.43 Å². The minimum atomic E-state index is 0.0159. The molecular formula is C17H15NO2. The summed E-state index contributed by atoms with van der Waals surface area (Å²) >= 11 is 0. The van der Waals surface area contributed by atoms with Gasteiger partial charge in [0.25, 0.3) is 0 Å². The van der Waals surface area contributed by atoms with Crippen molar-refractivity contribution in [1.29, 1.82) is 0 Å². The molecule has 0 bridgehead atoms. The molecule has 0 radical (unpaired) electrons. The Morgan fingerprint density at radius 1 is 1.00 bits per heavy atom. The van der Waals surface area contributed by atoms with Crippen molar-refractivity contribution in [3.63, 3.8) is 0 Å². The Morgan fingerprint density at radius 2 is 1.75 bits per heavy atom. The molecule has 1 N–H and O–H groups in total. The van der Waals surface area contributed by atoms with E-state index in [1.165, 1.54) is 0 Å². The van der Waals surface area contributed by atoms with Crippen molar-refractivity contribution in [3.8, 4) is 11.3 Å². The first-order valence-corrected chi connectivity index (χ1v) is 6.52. The Kier molecular flexibility index (Phi) is 3.03. The average Bonchev–Trinajstić information content (AvgIpc) is 2.51. The summed E-state index contributed by atoms with van der Waals surface area (Å²) in [4.78, 5) is 12.5. The lowest BCUT2D eigenvalue weighted by Gasteiger charge is -2.09. The molecule has 0 amide bonds. The van der Waals surface area contributed by atoms with Gasteiger partial charge in [-0.2, -0.15) is 0 Å². The van der Waals surface area contributed by atoms with Gasteiger partial charge in [-0.05, 0) is 19.1 Å². The van der Waals surface area contributed by atoms with Crippen LogP contribution in [0.2, 0.25) is 0 Å². The number of benzene rings is 2. The third kappa shape index (κ3) is 1.88. The van der Waals surface area contributed by atoms with Crippen LogP contribution in [0.15, 0.2) is 57.7 Å². The quantitative estimate of drug-likeness (QED) is 0.766. The normalized spacial score (nSPS) is 10.7. The van der Waals surface area contributed by atoms with Crippen LogP contribution in [0.5, 0.6) is 0 Å². The fourth-order valence-electron chi connectivity index (χ4n) is 2.37. The van der Waals surface area contributed by atoms with Crippen LogP contribution in [0.1, 0.15) is 5.56 Å². The van der Waals surface area contributed by atoms with E-state index in [9.17, 15) is 4.79 Å². The second kappa shape index (κ2) is 4.85. The molecule has 1 heterocycles. The molecule has 0 saturated heterocycles. The lowest BCUT2D eigenvalue weighted by molar-refractivity contribution is 0.615. The maximum atomic E-state index is 12.5. The van der Waals surface area contributed by atoms with Crippen LogP contribution < -0.4 is 10.7 Å². The van der Waals surface area contributed by atoms with Crippen LogP contribution >= 0.6 is 0 Å². The van der Waals surface area contributed by atoms with Gasteiger partial charge < -0.3 is 9.73 Å². The topological polar surface area (TPSA) is 42.2 Å². The Balaban J connectivity index is 2.40. The standard InChI is InChI=1S/C17H15NO2/c1-11-15(19)13-9-6-10-14(18-2)17(13)20-16(11)12-7-4-3-5-8-12/h3-10,18H,1-2H3. The van der Waals surface area contributed by atoms with E-state index in [0.717, 1.165) is 11.3 Å². The van der Waals surface area contributed by atoms with Gasteiger partial charge in [-0.3, -0.25) is 4.79 Å². The summed E-state index contributed by atoms with van der Waals surface area (Å²) in [6, 6.07) is 15.2. The van der Waals surface area contributed by atoms with Gasteiger partial charge in [0.1, 0.15) is 5.76 Å². The Hall–Kier alpha value is -2.55. The van der Waals surface area contributed by atoms with Gasteiger partial charge in [0.05, 0.1) is 11.1 Å². The van der Waals surface area contributed by atoms with Crippen LogP contribution in [0.25, 0.3) is 22.3 Å². The monoisotopic (exact) mass is 265 g/mol. The first-order valence-electron chi connectivity index (χ1n) is 6.52. The lowest BCUT2D eigenvalue weighted by atomic mass is 10.1. The van der Waals surface area contributed by atoms with E-state index in [2.05, 4.69) is 5.32 Å². The lowest BCUT2D eigenvalue weighted by Crippen LogP contribution is -2.08. The van der Waals surface area contributed by atoms with Crippen LogP contribution in [-0.4, -0.2) is 7.05 Å². The van der Waals surface area contributed by atoms with Crippen molar-refractivity contribution < 1.29 is 4.42 Å². The van der Waals surface area contributed by atoms with Gasteiger partial charge in [-0.1, -0.05) is 36.4 Å². The second-order valence-electron chi connectivity index (χ2n) is 4.68. The number of hydrogen-bond donors (Lipinski definition) is 1. The molecule has 100 valence electrons. The van der Waals surface area contributed by atoms with Crippen molar-refractivity contribution >= 4 is 16.7 Å². The highest BCUT2D eigenvalue weighted by Gasteiger charge is 2.14. The van der Waals surface area contributed by atoms with Gasteiger partial charge in [-0.25, -0.2) is 0 Å². The molecule has 20 heavy (non-hydrogen) atoms. The predicted octanol–water partition coefficient (Wildman–Crippen LogP) is 3.81. The van der Waals surface area contributed by atoms with E-state index in [1.54, 1.807) is 13.0 Å². The van der Waals surface area contributed by atoms with Crippen molar-refractivity contribution in [2.45, 2.75) is 6.92 Å². The fraction of sp³-hybridized carbons (Fsp3) is 0.118. The summed E-state index contributed by atoms with van der Waals surface area (Å²) in [5, 5.41) is 3.67.